The number of carbonyl (C=O) groups is 3. The number of amides is 3. The Morgan fingerprint density at radius 1 is 0.681 bits per heavy atom. The molecule has 15 nitrogen and oxygen atoms in total. The first-order valence-electron chi connectivity index (χ1n) is 22.5. The molecule has 1 aliphatic heterocycles. The fourth-order valence-corrected chi connectivity index (χ4v) is 6.25. The second-order valence-electron chi connectivity index (χ2n) is 15.7. The normalized spacial score (nSPS) is 11.0. The molecule has 0 aliphatic carbocycles. The van der Waals surface area contributed by atoms with E-state index in [0.717, 1.165) is 34.4 Å². The number of ether oxygens (including phenoxy) is 7. The van der Waals surface area contributed by atoms with Crippen LogP contribution in [0.25, 0.3) is 0 Å². The van der Waals surface area contributed by atoms with E-state index in [1.165, 1.54) is 17.3 Å². The molecule has 2 heterocycles. The molecule has 362 valence electrons. The number of fused-ring (bicyclic) bond motifs is 1. The van der Waals surface area contributed by atoms with Crippen LogP contribution in [0, 0.1) is 6.92 Å². The van der Waals surface area contributed by atoms with Gasteiger partial charge < -0.3 is 43.8 Å². The Morgan fingerprint density at radius 2 is 1.28 bits per heavy atom. The van der Waals surface area contributed by atoms with Gasteiger partial charge in [0.1, 0.15) is 17.2 Å². The molecule has 1 aromatic heterocycles. The molecule has 0 saturated heterocycles. The van der Waals surface area contributed by atoms with Gasteiger partial charge in [0.2, 0.25) is 6.79 Å². The fourth-order valence-electron chi connectivity index (χ4n) is 6.25. The maximum absolute atomic E-state index is 11.9. The Kier molecular flexibility index (Phi) is 21.2. The molecule has 0 fully saturated rings. The van der Waals surface area contributed by atoms with Crippen molar-refractivity contribution in [3.63, 3.8) is 0 Å². The van der Waals surface area contributed by atoms with Crippen LogP contribution < -0.4 is 49.2 Å². The SMILES string of the molecule is CC(C)c1ccc(OCC(=O)N/N=C/c2cccnc2)cc1.CCc1ccc(OCC(=O)NCc2ccc3c(c2)OCO3)cc1.COc1ccc(CCNC(=O)COc2ccc(C)cc2)cc1OC. The van der Waals surface area contributed by atoms with Crippen molar-refractivity contribution in [1.29, 1.82) is 0 Å². The molecule has 0 radical (unpaired) electrons. The number of hydrazone groups is 1. The van der Waals surface area contributed by atoms with E-state index in [9.17, 15) is 14.4 Å². The summed E-state index contributed by atoms with van der Waals surface area (Å²) in [4.78, 5) is 39.2. The highest BCUT2D eigenvalue weighted by atomic mass is 16.7. The van der Waals surface area contributed by atoms with Crippen LogP contribution in [0.2, 0.25) is 0 Å². The van der Waals surface area contributed by atoms with Gasteiger partial charge in [-0.05, 0) is 115 Å². The summed E-state index contributed by atoms with van der Waals surface area (Å²) in [5, 5.41) is 9.51. The zero-order valence-corrected chi connectivity index (χ0v) is 40.0. The lowest BCUT2D eigenvalue weighted by Crippen LogP contribution is -2.30. The van der Waals surface area contributed by atoms with Gasteiger partial charge in [0.25, 0.3) is 17.7 Å². The van der Waals surface area contributed by atoms with Crippen LogP contribution in [0.4, 0.5) is 0 Å². The van der Waals surface area contributed by atoms with Gasteiger partial charge in [0.15, 0.2) is 42.8 Å². The minimum atomic E-state index is -0.312. The van der Waals surface area contributed by atoms with E-state index >= 15 is 0 Å². The summed E-state index contributed by atoms with van der Waals surface area (Å²) in [5.41, 5.74) is 8.87. The predicted molar refractivity (Wildman–Crippen MR) is 265 cm³/mol. The molecule has 69 heavy (non-hydrogen) atoms. The van der Waals surface area contributed by atoms with Crippen molar-refractivity contribution in [3.05, 3.63) is 167 Å². The zero-order valence-electron chi connectivity index (χ0n) is 40.0. The highest BCUT2D eigenvalue weighted by molar-refractivity contribution is 5.82. The summed E-state index contributed by atoms with van der Waals surface area (Å²) in [6.07, 6.45) is 6.55. The summed E-state index contributed by atoms with van der Waals surface area (Å²) in [5.74, 6) is 4.72. The van der Waals surface area contributed by atoms with Crippen molar-refractivity contribution >= 4 is 23.9 Å². The van der Waals surface area contributed by atoms with Crippen molar-refractivity contribution in [3.8, 4) is 40.2 Å². The Balaban J connectivity index is 0.000000193. The molecule has 0 unspecified atom stereocenters. The number of aromatic nitrogens is 1. The molecule has 7 rings (SSSR count). The van der Waals surface area contributed by atoms with Crippen molar-refractivity contribution in [1.82, 2.24) is 21.0 Å². The Bertz CT molecular complexity index is 2540. The first-order valence-corrected chi connectivity index (χ1v) is 22.5. The topological polar surface area (TPSA) is 177 Å². The third kappa shape index (κ3) is 18.6. The quantitative estimate of drug-likeness (QED) is 0.0497. The number of carbonyl (C=O) groups excluding carboxylic acids is 3. The number of nitrogens with one attached hydrogen (secondary N) is 3. The molecule has 3 amide bonds. The molecule has 0 atom stereocenters. The number of methoxy groups -OCH3 is 2. The van der Waals surface area contributed by atoms with Crippen LogP contribution in [0.15, 0.2) is 139 Å². The summed E-state index contributed by atoms with van der Waals surface area (Å²) < 4.78 is 37.4. The molecule has 5 aromatic carbocycles. The van der Waals surface area contributed by atoms with Crippen LogP contribution in [0.1, 0.15) is 60.1 Å². The van der Waals surface area contributed by atoms with Gasteiger partial charge in [0.05, 0.1) is 20.4 Å². The van der Waals surface area contributed by atoms with Crippen molar-refractivity contribution in [2.75, 3.05) is 47.4 Å². The summed E-state index contributed by atoms with van der Waals surface area (Å²) in [6, 6.07) is 38.1. The summed E-state index contributed by atoms with van der Waals surface area (Å²) in [7, 11) is 3.21. The smallest absolute Gasteiger partial charge is 0.277 e. The molecular weight excluding hydrogens is 879 g/mol. The molecule has 1 aliphatic rings. The number of hydrogen-bond acceptors (Lipinski definition) is 12. The second-order valence-corrected chi connectivity index (χ2v) is 15.7. The van der Waals surface area contributed by atoms with Crippen molar-refractivity contribution < 1.29 is 47.5 Å². The lowest BCUT2D eigenvalue weighted by Gasteiger charge is -2.10. The van der Waals surface area contributed by atoms with Crippen molar-refractivity contribution in [2.45, 2.75) is 53.0 Å². The van der Waals surface area contributed by atoms with E-state index in [1.807, 2.05) is 122 Å². The molecule has 0 spiro atoms. The first-order chi connectivity index (χ1) is 33.5. The standard InChI is InChI=1S/C19H23NO4.C18H19NO4.C17H19N3O2/c1-14-4-7-16(8-5-14)24-13-19(21)20-11-10-15-6-9-17(22-2)18(12-15)23-3;1-2-13-3-6-15(7-4-13)21-11-18(20)19-10-14-5-8-16-17(9-14)23-12-22-16;1-13(2)15-5-7-16(8-6-15)22-12-17(21)20-19-11-14-4-3-9-18-10-14/h4-9,12H,10-11,13H2,1-3H3,(H,20,21);3-9H,2,10-12H2,1H3,(H,19,20);3-11,13H,12H2,1-2H3,(H,20,21)/b;;19-11+. The molecule has 15 heteroatoms. The van der Waals surface area contributed by atoms with E-state index in [1.54, 1.807) is 32.7 Å². The number of rotatable bonds is 20. The number of pyridine rings is 1. The number of benzene rings is 5. The van der Waals surface area contributed by atoms with Crippen molar-refractivity contribution in [2.24, 2.45) is 5.10 Å². The largest absolute Gasteiger partial charge is 0.493 e. The molecular formula is C54H61N5O10. The van der Waals surface area contributed by atoms with E-state index < -0.39 is 0 Å². The van der Waals surface area contributed by atoms with Gasteiger partial charge in [-0.1, -0.05) is 80.9 Å². The average Bonchev–Trinajstić information content (AvgIpc) is 3.86. The van der Waals surface area contributed by atoms with E-state index in [0.29, 0.717) is 59.9 Å². The number of hydrogen-bond donors (Lipinski definition) is 3. The third-order valence-electron chi connectivity index (χ3n) is 10.2. The lowest BCUT2D eigenvalue weighted by molar-refractivity contribution is -0.123. The number of nitrogens with zero attached hydrogens (tertiary/aromatic N) is 2. The first kappa shape index (κ1) is 51.9. The predicted octanol–water partition coefficient (Wildman–Crippen LogP) is 8.16. The Labute approximate surface area is 404 Å². The molecule has 3 N–H and O–H groups in total. The molecule has 0 bridgehead atoms. The van der Waals surface area contributed by atoms with Crippen LogP contribution in [0.5, 0.6) is 40.2 Å². The highest BCUT2D eigenvalue weighted by Crippen LogP contribution is 2.32. The van der Waals surface area contributed by atoms with Gasteiger partial charge in [0, 0.05) is 31.0 Å². The van der Waals surface area contributed by atoms with Gasteiger partial charge in [-0.2, -0.15) is 5.10 Å². The lowest BCUT2D eigenvalue weighted by atomic mass is 10.0. The second kappa shape index (κ2) is 28.2. The third-order valence-corrected chi connectivity index (χ3v) is 10.2. The minimum Gasteiger partial charge on any atom is -0.493 e. The summed E-state index contributed by atoms with van der Waals surface area (Å²) in [6.45, 7) is 9.49. The summed E-state index contributed by atoms with van der Waals surface area (Å²) >= 11 is 0. The fraction of sp³-hybridized carbons (Fsp3) is 0.278. The van der Waals surface area contributed by atoms with E-state index in [-0.39, 0.29) is 44.3 Å². The van der Waals surface area contributed by atoms with Gasteiger partial charge in [-0.3, -0.25) is 19.4 Å². The maximum atomic E-state index is 11.9. The zero-order chi connectivity index (χ0) is 49.2. The van der Waals surface area contributed by atoms with Gasteiger partial charge >= 0.3 is 0 Å². The minimum absolute atomic E-state index is 0.00394. The van der Waals surface area contributed by atoms with Crippen LogP contribution in [-0.2, 0) is 33.8 Å². The monoisotopic (exact) mass is 939 g/mol. The highest BCUT2D eigenvalue weighted by Gasteiger charge is 2.14. The Hall–Kier alpha value is -8.07. The molecule has 0 saturated carbocycles. The van der Waals surface area contributed by atoms with Crippen LogP contribution in [0.3, 0.4) is 0 Å². The Morgan fingerprint density at radius 3 is 1.90 bits per heavy atom. The van der Waals surface area contributed by atoms with Crippen LogP contribution >= 0.6 is 0 Å². The van der Waals surface area contributed by atoms with Gasteiger partial charge in [-0.15, -0.1) is 0 Å². The number of aryl methyl sites for hydroxylation is 2. The maximum Gasteiger partial charge on any atom is 0.277 e. The molecule has 6 aromatic rings. The van der Waals surface area contributed by atoms with Gasteiger partial charge in [-0.25, -0.2) is 5.43 Å². The average molecular weight is 940 g/mol. The van der Waals surface area contributed by atoms with E-state index in [2.05, 4.69) is 46.9 Å². The van der Waals surface area contributed by atoms with Crippen LogP contribution in [-0.4, -0.2) is 76.3 Å². The van der Waals surface area contributed by atoms with E-state index in [4.69, 9.17) is 33.2 Å².